The second-order valence-corrected chi connectivity index (χ2v) is 6.83. The summed E-state index contributed by atoms with van der Waals surface area (Å²) in [6, 6.07) is 8.60. The summed E-state index contributed by atoms with van der Waals surface area (Å²) in [6.07, 6.45) is 0. The van der Waals surface area contributed by atoms with Crippen LogP contribution in [0.2, 0.25) is 15.2 Å². The Bertz CT molecular complexity index is 1090. The summed E-state index contributed by atoms with van der Waals surface area (Å²) in [7, 11) is 0. The van der Waals surface area contributed by atoms with Crippen molar-refractivity contribution in [1.82, 2.24) is 9.97 Å². The zero-order valence-corrected chi connectivity index (χ0v) is 13.8. The molecule has 0 spiro atoms. The molecule has 1 aromatic carbocycles. The summed E-state index contributed by atoms with van der Waals surface area (Å²) in [6.45, 7) is 0. The molecule has 0 amide bonds. The normalized spacial score (nSPS) is 11.6. The molecule has 4 rings (SSSR count). The Hall–Kier alpha value is -1.46. The number of halogens is 3. The zero-order valence-electron chi connectivity index (χ0n) is 10.7. The molecule has 0 bridgehead atoms. The van der Waals surface area contributed by atoms with Crippen LogP contribution in [0.4, 0.5) is 0 Å². The highest BCUT2D eigenvalue weighted by Gasteiger charge is 2.21. The molecule has 0 atom stereocenters. The van der Waals surface area contributed by atoms with Crippen LogP contribution in [0.5, 0.6) is 0 Å². The third kappa shape index (κ3) is 1.99. The maximum atomic E-state index is 12.4. The minimum atomic E-state index is -0.258. The van der Waals surface area contributed by atoms with Gasteiger partial charge in [-0.15, -0.1) is 11.3 Å². The molecule has 0 N–H and O–H groups in total. The van der Waals surface area contributed by atoms with Gasteiger partial charge in [0.15, 0.2) is 0 Å². The number of pyridine rings is 1. The molecular weight excluding hydrogens is 363 g/mol. The molecule has 3 nitrogen and oxygen atoms in total. The van der Waals surface area contributed by atoms with Crippen molar-refractivity contribution in [3.8, 4) is 10.6 Å². The lowest BCUT2D eigenvalue weighted by atomic mass is 10.1. The van der Waals surface area contributed by atoms with Gasteiger partial charge in [0.25, 0.3) is 0 Å². The summed E-state index contributed by atoms with van der Waals surface area (Å²) >= 11 is 19.7. The van der Waals surface area contributed by atoms with Crippen molar-refractivity contribution in [1.29, 1.82) is 0 Å². The van der Waals surface area contributed by atoms with Crippen LogP contribution in [0, 0.1) is 0 Å². The van der Waals surface area contributed by atoms with Crippen LogP contribution in [0.25, 0.3) is 31.7 Å². The molecule has 1 aromatic heterocycles. The van der Waals surface area contributed by atoms with Gasteiger partial charge in [-0.25, -0.2) is 9.97 Å². The molecule has 0 radical (unpaired) electrons. The minimum absolute atomic E-state index is 0.131. The smallest absolute Gasteiger partial charge is 0.206 e. The van der Waals surface area contributed by atoms with E-state index >= 15 is 0 Å². The highest BCUT2D eigenvalue weighted by molar-refractivity contribution is 7.21. The highest BCUT2D eigenvalue weighted by Crippen LogP contribution is 2.40. The average molecular weight is 368 g/mol. The van der Waals surface area contributed by atoms with E-state index in [0.29, 0.717) is 41.9 Å². The third-order valence-corrected chi connectivity index (χ3v) is 5.44. The molecular formula is C15H5Cl3N2OS. The molecule has 22 heavy (non-hydrogen) atoms. The molecule has 7 heteroatoms. The first kappa shape index (κ1) is 14.2. The second-order valence-electron chi connectivity index (χ2n) is 4.66. The van der Waals surface area contributed by atoms with E-state index in [9.17, 15) is 4.79 Å². The number of hydrogen-bond donors (Lipinski definition) is 0. The van der Waals surface area contributed by atoms with Gasteiger partial charge in [-0.1, -0.05) is 46.9 Å². The van der Waals surface area contributed by atoms with Crippen LogP contribution in [-0.2, 0) is 0 Å². The van der Waals surface area contributed by atoms with Gasteiger partial charge in [-0.3, -0.25) is 4.79 Å². The fourth-order valence-electron chi connectivity index (χ4n) is 2.38. The summed E-state index contributed by atoms with van der Waals surface area (Å²) in [4.78, 5) is 22.4. The Balaban J connectivity index is 2.32. The molecule has 108 valence electrons. The highest BCUT2D eigenvalue weighted by atomic mass is 35.5. The van der Waals surface area contributed by atoms with E-state index in [1.807, 2.05) is 0 Å². The number of benzene rings is 2. The summed E-state index contributed by atoms with van der Waals surface area (Å²) in [5, 5.41) is 2.04. The average Bonchev–Trinajstić information content (AvgIpc) is 2.51. The summed E-state index contributed by atoms with van der Waals surface area (Å²) in [5.74, 6) is 0. The Kier molecular flexibility index (Phi) is 3.24. The number of aromatic nitrogens is 2. The van der Waals surface area contributed by atoms with Crippen molar-refractivity contribution in [2.45, 2.75) is 0 Å². The Morgan fingerprint density at radius 1 is 1.00 bits per heavy atom. The molecule has 0 saturated heterocycles. The third-order valence-electron chi connectivity index (χ3n) is 3.35. The lowest BCUT2D eigenvalue weighted by Crippen LogP contribution is -2.06. The number of hydrogen-bond acceptors (Lipinski definition) is 4. The van der Waals surface area contributed by atoms with Crippen LogP contribution >= 0.6 is 46.1 Å². The Morgan fingerprint density at radius 2 is 1.82 bits per heavy atom. The van der Waals surface area contributed by atoms with E-state index in [2.05, 4.69) is 9.97 Å². The van der Waals surface area contributed by atoms with Crippen LogP contribution in [0.1, 0.15) is 0 Å². The summed E-state index contributed by atoms with van der Waals surface area (Å²) < 4.78 is 0. The predicted molar refractivity (Wildman–Crippen MR) is 92.8 cm³/mol. The maximum Gasteiger partial charge on any atom is 0.206 e. The van der Waals surface area contributed by atoms with Crippen LogP contribution in [0.15, 0.2) is 35.1 Å². The van der Waals surface area contributed by atoms with E-state index in [1.165, 1.54) is 11.3 Å². The summed E-state index contributed by atoms with van der Waals surface area (Å²) in [5.41, 5.74) is 1.02. The first-order chi connectivity index (χ1) is 10.6. The fraction of sp³-hybridized carbons (Fsp3) is 0. The first-order valence-corrected chi connectivity index (χ1v) is 8.18. The van der Waals surface area contributed by atoms with Crippen molar-refractivity contribution in [3.63, 3.8) is 0 Å². The quantitative estimate of drug-likeness (QED) is 0.241. The molecule has 0 fully saturated rings. The van der Waals surface area contributed by atoms with Gasteiger partial charge in [-0.05, 0) is 18.2 Å². The lowest BCUT2D eigenvalue weighted by Gasteiger charge is -2.12. The van der Waals surface area contributed by atoms with E-state index in [4.69, 9.17) is 34.8 Å². The Labute approximate surface area is 143 Å². The number of nitrogens with zero attached hydrogens (tertiary/aromatic N) is 2. The topological polar surface area (TPSA) is 42.9 Å². The van der Waals surface area contributed by atoms with Gasteiger partial charge in [0.05, 0.1) is 21.1 Å². The number of fused-ring (bicyclic) bond motifs is 4. The van der Waals surface area contributed by atoms with Crippen LogP contribution in [-0.4, -0.2) is 9.97 Å². The van der Waals surface area contributed by atoms with Crippen LogP contribution < -0.4 is 5.43 Å². The van der Waals surface area contributed by atoms with Gasteiger partial charge >= 0.3 is 0 Å². The van der Waals surface area contributed by atoms with Gasteiger partial charge in [0.2, 0.25) is 5.43 Å². The molecule has 0 saturated carbocycles. The van der Waals surface area contributed by atoms with Gasteiger partial charge in [0.1, 0.15) is 15.0 Å². The maximum absolute atomic E-state index is 12.4. The molecule has 1 aliphatic carbocycles. The SMILES string of the molecule is O=c1c(Cl)c2sc3nc(Cl)ccc3nc-2c2c(Cl)cccc12. The van der Waals surface area contributed by atoms with Crippen molar-refractivity contribution < 1.29 is 0 Å². The lowest BCUT2D eigenvalue weighted by molar-refractivity contribution is 1.38. The monoisotopic (exact) mass is 366 g/mol. The van der Waals surface area contributed by atoms with Crippen molar-refractivity contribution in [2.24, 2.45) is 0 Å². The molecule has 2 aromatic rings. The molecule has 0 unspecified atom stereocenters. The van der Waals surface area contributed by atoms with Crippen molar-refractivity contribution in [2.75, 3.05) is 0 Å². The number of rotatable bonds is 0. The van der Waals surface area contributed by atoms with Crippen LogP contribution in [0.3, 0.4) is 0 Å². The standard InChI is InChI=1S/C15H5Cl3N2OS/c16-7-3-1-2-6-10(7)12-14(11(18)13(6)21)22-15-8(19-12)4-5-9(17)20-15/h1-5H. The van der Waals surface area contributed by atoms with Gasteiger partial charge < -0.3 is 0 Å². The molecule has 1 aliphatic heterocycles. The van der Waals surface area contributed by atoms with Gasteiger partial charge in [0, 0.05) is 10.8 Å². The Morgan fingerprint density at radius 3 is 2.64 bits per heavy atom. The van der Waals surface area contributed by atoms with E-state index in [0.717, 1.165) is 0 Å². The largest absolute Gasteiger partial charge is 0.288 e. The first-order valence-electron chi connectivity index (χ1n) is 6.23. The second kappa shape index (κ2) is 5.03. The van der Waals surface area contributed by atoms with Gasteiger partial charge in [-0.2, -0.15) is 0 Å². The van der Waals surface area contributed by atoms with E-state index in [-0.39, 0.29) is 10.5 Å². The van der Waals surface area contributed by atoms with Crippen molar-refractivity contribution >= 4 is 67.3 Å². The van der Waals surface area contributed by atoms with Crippen molar-refractivity contribution in [3.05, 3.63) is 55.8 Å². The fourth-order valence-corrected chi connectivity index (χ4v) is 4.13. The van der Waals surface area contributed by atoms with E-state index in [1.54, 1.807) is 30.3 Å². The predicted octanol–water partition coefficient (Wildman–Crippen LogP) is 5.27. The minimum Gasteiger partial charge on any atom is -0.288 e. The zero-order chi connectivity index (χ0) is 15.4. The molecule has 2 aliphatic rings. The molecule has 2 heterocycles. The van der Waals surface area contributed by atoms with E-state index < -0.39 is 0 Å².